The summed E-state index contributed by atoms with van der Waals surface area (Å²) in [6, 6.07) is 8.77. The van der Waals surface area contributed by atoms with E-state index in [4.69, 9.17) is 0 Å². The van der Waals surface area contributed by atoms with E-state index in [1.54, 1.807) is 6.07 Å². The molecule has 0 amide bonds. The van der Waals surface area contributed by atoms with Gasteiger partial charge in [0.15, 0.2) is 0 Å². The predicted molar refractivity (Wildman–Crippen MR) is 78.7 cm³/mol. The topological polar surface area (TPSA) is 28.7 Å². The number of halogens is 2. The van der Waals surface area contributed by atoms with Crippen molar-refractivity contribution in [1.82, 2.24) is 9.97 Å². The molecule has 1 aromatic heterocycles. The third kappa shape index (κ3) is 2.16. The van der Waals surface area contributed by atoms with Crippen molar-refractivity contribution in [3.63, 3.8) is 0 Å². The molecule has 0 saturated carbocycles. The molecule has 0 bridgehead atoms. The molecule has 1 N–H and O–H groups in total. The van der Waals surface area contributed by atoms with E-state index in [0.29, 0.717) is 4.47 Å². The summed E-state index contributed by atoms with van der Waals surface area (Å²) in [5, 5.41) is 0. The predicted octanol–water partition coefficient (Wildman–Crippen LogP) is 4.75. The van der Waals surface area contributed by atoms with Crippen molar-refractivity contribution >= 4 is 27.0 Å². The molecule has 0 radical (unpaired) electrons. The van der Waals surface area contributed by atoms with Crippen LogP contribution in [0.25, 0.3) is 22.4 Å². The first-order chi connectivity index (χ1) is 9.04. The Hall–Kier alpha value is -1.68. The molecule has 0 fully saturated rings. The summed E-state index contributed by atoms with van der Waals surface area (Å²) in [6.45, 7) is 4.10. The van der Waals surface area contributed by atoms with Gasteiger partial charge in [-0.3, -0.25) is 0 Å². The van der Waals surface area contributed by atoms with Gasteiger partial charge in [-0.05, 0) is 65.2 Å². The molecule has 0 aliphatic rings. The number of H-pyrrole nitrogens is 1. The largest absolute Gasteiger partial charge is 0.338 e. The Morgan fingerprint density at radius 2 is 1.95 bits per heavy atom. The fourth-order valence-corrected chi connectivity index (χ4v) is 2.82. The summed E-state index contributed by atoms with van der Waals surface area (Å²) in [4.78, 5) is 7.90. The number of benzene rings is 2. The minimum atomic E-state index is -0.265. The van der Waals surface area contributed by atoms with Gasteiger partial charge in [-0.25, -0.2) is 9.37 Å². The number of nitrogens with one attached hydrogen (secondary N) is 1. The summed E-state index contributed by atoms with van der Waals surface area (Å²) in [6.07, 6.45) is 0. The highest BCUT2D eigenvalue weighted by atomic mass is 79.9. The standard InChI is InChI=1S/C15H12BrFN2/c1-8-5-9(2)14-13(6-8)18-15(19-14)11-4-3-10(17)7-12(11)16/h3-7H,1-2H3,(H,18,19). The second-order valence-corrected chi connectivity index (χ2v) is 5.54. The normalized spacial score (nSPS) is 11.2. The maximum absolute atomic E-state index is 13.1. The summed E-state index contributed by atoms with van der Waals surface area (Å²) in [7, 11) is 0. The maximum Gasteiger partial charge on any atom is 0.139 e. The van der Waals surface area contributed by atoms with Crippen LogP contribution in [0.3, 0.4) is 0 Å². The Labute approximate surface area is 118 Å². The minimum Gasteiger partial charge on any atom is -0.338 e. The van der Waals surface area contributed by atoms with Crippen molar-refractivity contribution in [1.29, 1.82) is 0 Å². The van der Waals surface area contributed by atoms with Crippen LogP contribution in [-0.4, -0.2) is 9.97 Å². The lowest BCUT2D eigenvalue weighted by Crippen LogP contribution is -1.84. The van der Waals surface area contributed by atoms with Crippen LogP contribution >= 0.6 is 15.9 Å². The summed E-state index contributed by atoms with van der Waals surface area (Å²) >= 11 is 3.37. The highest BCUT2D eigenvalue weighted by Crippen LogP contribution is 2.29. The van der Waals surface area contributed by atoms with Gasteiger partial charge in [0.1, 0.15) is 11.6 Å². The van der Waals surface area contributed by atoms with E-state index in [1.165, 1.54) is 17.7 Å². The van der Waals surface area contributed by atoms with Gasteiger partial charge in [-0.15, -0.1) is 0 Å². The molecule has 4 heteroatoms. The van der Waals surface area contributed by atoms with Crippen molar-refractivity contribution in [3.8, 4) is 11.4 Å². The lowest BCUT2D eigenvalue weighted by molar-refractivity contribution is 0.627. The lowest BCUT2D eigenvalue weighted by atomic mass is 10.1. The van der Waals surface area contributed by atoms with Crippen LogP contribution in [0.2, 0.25) is 0 Å². The van der Waals surface area contributed by atoms with E-state index >= 15 is 0 Å². The fourth-order valence-electron chi connectivity index (χ4n) is 2.28. The van der Waals surface area contributed by atoms with Gasteiger partial charge in [0.2, 0.25) is 0 Å². The zero-order valence-corrected chi connectivity index (χ0v) is 12.2. The van der Waals surface area contributed by atoms with E-state index in [2.05, 4.69) is 45.0 Å². The Morgan fingerprint density at radius 1 is 1.16 bits per heavy atom. The van der Waals surface area contributed by atoms with E-state index in [-0.39, 0.29) is 5.82 Å². The summed E-state index contributed by atoms with van der Waals surface area (Å²) < 4.78 is 13.8. The highest BCUT2D eigenvalue weighted by molar-refractivity contribution is 9.10. The molecule has 0 aliphatic carbocycles. The molecule has 0 aliphatic heterocycles. The second kappa shape index (κ2) is 4.46. The van der Waals surface area contributed by atoms with Gasteiger partial charge >= 0.3 is 0 Å². The smallest absolute Gasteiger partial charge is 0.139 e. The zero-order valence-electron chi connectivity index (χ0n) is 10.6. The Kier molecular flexibility index (Phi) is 2.90. The van der Waals surface area contributed by atoms with E-state index in [9.17, 15) is 4.39 Å². The van der Waals surface area contributed by atoms with Gasteiger partial charge in [0.05, 0.1) is 11.0 Å². The Bertz CT molecular complexity index is 777. The number of fused-ring (bicyclic) bond motifs is 1. The van der Waals surface area contributed by atoms with Crippen LogP contribution in [0.15, 0.2) is 34.8 Å². The van der Waals surface area contributed by atoms with Gasteiger partial charge in [0, 0.05) is 10.0 Å². The monoisotopic (exact) mass is 318 g/mol. The molecule has 19 heavy (non-hydrogen) atoms. The molecule has 3 rings (SSSR count). The molecule has 3 aromatic rings. The molecular weight excluding hydrogens is 307 g/mol. The van der Waals surface area contributed by atoms with Gasteiger partial charge in [-0.1, -0.05) is 6.07 Å². The molecule has 0 saturated heterocycles. The molecule has 0 unspecified atom stereocenters. The average molecular weight is 319 g/mol. The highest BCUT2D eigenvalue weighted by Gasteiger charge is 2.11. The van der Waals surface area contributed by atoms with Crippen LogP contribution in [0, 0.1) is 19.7 Å². The molecule has 2 aromatic carbocycles. The molecule has 0 atom stereocenters. The molecular formula is C15H12BrFN2. The van der Waals surface area contributed by atoms with Crippen molar-refractivity contribution in [2.24, 2.45) is 0 Å². The quantitative estimate of drug-likeness (QED) is 0.689. The number of imidazole rings is 1. The average Bonchev–Trinajstić information content (AvgIpc) is 2.72. The SMILES string of the molecule is Cc1cc(C)c2nc(-c3ccc(F)cc3Br)[nH]c2c1. The summed E-state index contributed by atoms with van der Waals surface area (Å²) in [5.41, 5.74) is 5.14. The zero-order chi connectivity index (χ0) is 13.6. The van der Waals surface area contributed by atoms with Crippen molar-refractivity contribution < 1.29 is 4.39 Å². The number of rotatable bonds is 1. The van der Waals surface area contributed by atoms with Gasteiger partial charge in [0.25, 0.3) is 0 Å². The number of hydrogen-bond acceptors (Lipinski definition) is 1. The van der Waals surface area contributed by atoms with Crippen LogP contribution in [0.5, 0.6) is 0 Å². The first-order valence-corrected chi connectivity index (χ1v) is 6.76. The third-order valence-corrected chi connectivity index (χ3v) is 3.76. The third-order valence-electron chi connectivity index (χ3n) is 3.11. The molecule has 96 valence electrons. The number of nitrogens with zero attached hydrogens (tertiary/aromatic N) is 1. The maximum atomic E-state index is 13.1. The minimum absolute atomic E-state index is 0.265. The van der Waals surface area contributed by atoms with Crippen LogP contribution in [-0.2, 0) is 0 Å². The number of aromatic amines is 1. The van der Waals surface area contributed by atoms with Gasteiger partial charge < -0.3 is 4.98 Å². The fraction of sp³-hybridized carbons (Fsp3) is 0.133. The number of aryl methyl sites for hydroxylation is 2. The molecule has 1 heterocycles. The Balaban J connectivity index is 2.23. The molecule has 0 spiro atoms. The van der Waals surface area contributed by atoms with Crippen molar-refractivity contribution in [3.05, 3.63) is 51.7 Å². The van der Waals surface area contributed by atoms with Crippen molar-refractivity contribution in [2.75, 3.05) is 0 Å². The van der Waals surface area contributed by atoms with Crippen LogP contribution in [0.4, 0.5) is 4.39 Å². The molecule has 2 nitrogen and oxygen atoms in total. The lowest BCUT2D eigenvalue weighted by Gasteiger charge is -2.00. The second-order valence-electron chi connectivity index (χ2n) is 4.69. The van der Waals surface area contributed by atoms with Crippen molar-refractivity contribution in [2.45, 2.75) is 13.8 Å². The van der Waals surface area contributed by atoms with Crippen LogP contribution in [0.1, 0.15) is 11.1 Å². The van der Waals surface area contributed by atoms with Crippen LogP contribution < -0.4 is 0 Å². The first-order valence-electron chi connectivity index (χ1n) is 5.97. The first kappa shape index (κ1) is 12.4. The Morgan fingerprint density at radius 3 is 2.68 bits per heavy atom. The van der Waals surface area contributed by atoms with E-state index in [0.717, 1.165) is 28.0 Å². The number of aromatic nitrogens is 2. The number of hydrogen-bond donors (Lipinski definition) is 1. The van der Waals surface area contributed by atoms with E-state index in [1.807, 2.05) is 6.92 Å². The van der Waals surface area contributed by atoms with Gasteiger partial charge in [-0.2, -0.15) is 0 Å². The van der Waals surface area contributed by atoms with E-state index < -0.39 is 0 Å². The summed E-state index contributed by atoms with van der Waals surface area (Å²) in [5.74, 6) is 0.481.